The Morgan fingerprint density at radius 3 is 2.67 bits per heavy atom. The third-order valence-electron chi connectivity index (χ3n) is 4.13. The molecule has 5 nitrogen and oxygen atoms in total. The van der Waals surface area contributed by atoms with Crippen LogP contribution in [-0.4, -0.2) is 16.9 Å². The van der Waals surface area contributed by atoms with E-state index in [1.165, 1.54) is 24.3 Å². The molecule has 3 rings (SSSR count). The topological polar surface area (TPSA) is 77.2 Å². The van der Waals surface area contributed by atoms with E-state index < -0.39 is 0 Å². The first-order chi connectivity index (χ1) is 11.6. The molecule has 3 N–H and O–H groups in total. The molecular formula is C18H20FN3O2. The van der Waals surface area contributed by atoms with Gasteiger partial charge >= 0.3 is 0 Å². The van der Waals surface area contributed by atoms with Gasteiger partial charge in [0.2, 0.25) is 11.8 Å². The van der Waals surface area contributed by atoms with Gasteiger partial charge in [0.05, 0.1) is 11.9 Å². The van der Waals surface area contributed by atoms with Crippen LogP contribution in [-0.2, 0) is 4.79 Å². The molecule has 2 aromatic rings. The van der Waals surface area contributed by atoms with Crippen molar-refractivity contribution in [3.05, 3.63) is 48.4 Å². The molecule has 2 atom stereocenters. The SMILES string of the molecule is NC1CCCC(C(=O)Nc2ccc(Oc3ccc(F)cc3)nc2)C1. The van der Waals surface area contributed by atoms with Crippen molar-refractivity contribution in [2.45, 2.75) is 31.7 Å². The Hall–Kier alpha value is -2.47. The van der Waals surface area contributed by atoms with Crippen molar-refractivity contribution >= 4 is 11.6 Å². The normalized spacial score (nSPS) is 20.4. The van der Waals surface area contributed by atoms with Crippen LogP contribution in [0.2, 0.25) is 0 Å². The molecule has 1 aromatic heterocycles. The molecule has 2 unspecified atom stereocenters. The molecule has 1 aliphatic carbocycles. The average molecular weight is 329 g/mol. The van der Waals surface area contributed by atoms with E-state index in [1.54, 1.807) is 18.3 Å². The maximum atomic E-state index is 12.9. The second-order valence-electron chi connectivity index (χ2n) is 6.05. The number of nitrogens with one attached hydrogen (secondary N) is 1. The van der Waals surface area contributed by atoms with Gasteiger partial charge in [-0.3, -0.25) is 4.79 Å². The van der Waals surface area contributed by atoms with Crippen LogP contribution in [0, 0.1) is 11.7 Å². The van der Waals surface area contributed by atoms with E-state index in [0.717, 1.165) is 25.7 Å². The minimum atomic E-state index is -0.323. The zero-order valence-corrected chi connectivity index (χ0v) is 13.2. The lowest BCUT2D eigenvalue weighted by Crippen LogP contribution is -2.34. The molecular weight excluding hydrogens is 309 g/mol. The van der Waals surface area contributed by atoms with Gasteiger partial charge in [-0.25, -0.2) is 9.37 Å². The molecule has 0 spiro atoms. The molecule has 0 aliphatic heterocycles. The third kappa shape index (κ3) is 4.29. The summed E-state index contributed by atoms with van der Waals surface area (Å²) < 4.78 is 18.4. The quantitative estimate of drug-likeness (QED) is 0.900. The number of hydrogen-bond donors (Lipinski definition) is 2. The molecule has 1 fully saturated rings. The van der Waals surface area contributed by atoms with E-state index in [-0.39, 0.29) is 23.7 Å². The number of pyridine rings is 1. The maximum absolute atomic E-state index is 12.9. The van der Waals surface area contributed by atoms with Crippen molar-refractivity contribution in [2.24, 2.45) is 11.7 Å². The number of carbonyl (C=O) groups is 1. The molecule has 1 saturated carbocycles. The van der Waals surface area contributed by atoms with E-state index in [4.69, 9.17) is 10.5 Å². The fraction of sp³-hybridized carbons (Fsp3) is 0.333. The zero-order chi connectivity index (χ0) is 16.9. The van der Waals surface area contributed by atoms with E-state index in [9.17, 15) is 9.18 Å². The second kappa shape index (κ2) is 7.40. The standard InChI is InChI=1S/C18H20FN3O2/c19-13-4-7-16(8-5-13)24-17-9-6-15(11-21-17)22-18(23)12-2-1-3-14(20)10-12/h4-9,11-12,14H,1-3,10,20H2,(H,22,23). The third-order valence-corrected chi connectivity index (χ3v) is 4.13. The molecule has 24 heavy (non-hydrogen) atoms. The lowest BCUT2D eigenvalue weighted by molar-refractivity contribution is -0.120. The molecule has 1 amide bonds. The molecule has 1 aliphatic rings. The Morgan fingerprint density at radius 1 is 1.21 bits per heavy atom. The van der Waals surface area contributed by atoms with Crippen molar-refractivity contribution in [3.63, 3.8) is 0 Å². The van der Waals surface area contributed by atoms with Gasteiger partial charge in [0.15, 0.2) is 0 Å². The van der Waals surface area contributed by atoms with Gasteiger partial charge in [0.25, 0.3) is 0 Å². The van der Waals surface area contributed by atoms with Crippen molar-refractivity contribution in [1.82, 2.24) is 4.98 Å². The number of anilines is 1. The number of rotatable bonds is 4. The summed E-state index contributed by atoms with van der Waals surface area (Å²) in [7, 11) is 0. The minimum absolute atomic E-state index is 0.0147. The highest BCUT2D eigenvalue weighted by Gasteiger charge is 2.25. The molecule has 0 radical (unpaired) electrons. The molecule has 126 valence electrons. The number of carbonyl (C=O) groups excluding carboxylic acids is 1. The monoisotopic (exact) mass is 329 g/mol. The number of ether oxygens (including phenoxy) is 1. The number of amides is 1. The molecule has 0 saturated heterocycles. The summed E-state index contributed by atoms with van der Waals surface area (Å²) in [5.74, 6) is 0.495. The highest BCUT2D eigenvalue weighted by molar-refractivity contribution is 5.92. The van der Waals surface area contributed by atoms with Crippen LogP contribution in [0.3, 0.4) is 0 Å². The van der Waals surface area contributed by atoms with Crippen LogP contribution in [0.5, 0.6) is 11.6 Å². The molecule has 6 heteroatoms. The zero-order valence-electron chi connectivity index (χ0n) is 13.2. The Labute approximate surface area is 140 Å². The fourth-order valence-corrected chi connectivity index (χ4v) is 2.85. The Balaban J connectivity index is 1.58. The van der Waals surface area contributed by atoms with Crippen molar-refractivity contribution in [1.29, 1.82) is 0 Å². The van der Waals surface area contributed by atoms with Gasteiger partial charge in [-0.05, 0) is 49.6 Å². The van der Waals surface area contributed by atoms with E-state index >= 15 is 0 Å². The predicted octanol–water partition coefficient (Wildman–Crippen LogP) is 3.47. The van der Waals surface area contributed by atoms with E-state index in [1.807, 2.05) is 0 Å². The summed E-state index contributed by atoms with van der Waals surface area (Å²) in [4.78, 5) is 16.4. The Kier molecular flexibility index (Phi) is 5.05. The van der Waals surface area contributed by atoms with Gasteiger partial charge < -0.3 is 15.8 Å². The lowest BCUT2D eigenvalue weighted by atomic mass is 9.85. The first-order valence-corrected chi connectivity index (χ1v) is 8.06. The summed E-state index contributed by atoms with van der Waals surface area (Å²) in [6.45, 7) is 0. The minimum Gasteiger partial charge on any atom is -0.439 e. The highest BCUT2D eigenvalue weighted by atomic mass is 19.1. The van der Waals surface area contributed by atoms with Gasteiger partial charge in [-0.15, -0.1) is 0 Å². The summed E-state index contributed by atoms with van der Waals surface area (Å²) in [6, 6.07) is 9.19. The number of nitrogens with zero attached hydrogens (tertiary/aromatic N) is 1. The largest absolute Gasteiger partial charge is 0.439 e. The molecule has 0 bridgehead atoms. The average Bonchev–Trinajstić information content (AvgIpc) is 2.59. The summed E-state index contributed by atoms with van der Waals surface area (Å²) >= 11 is 0. The lowest BCUT2D eigenvalue weighted by Gasteiger charge is -2.25. The Bertz CT molecular complexity index is 688. The highest BCUT2D eigenvalue weighted by Crippen LogP contribution is 2.25. The van der Waals surface area contributed by atoms with Crippen LogP contribution in [0.4, 0.5) is 10.1 Å². The second-order valence-corrected chi connectivity index (χ2v) is 6.05. The summed E-state index contributed by atoms with van der Waals surface area (Å²) in [6.07, 6.45) is 5.12. The van der Waals surface area contributed by atoms with Gasteiger partial charge in [0, 0.05) is 18.0 Å². The van der Waals surface area contributed by atoms with Gasteiger partial charge in [-0.2, -0.15) is 0 Å². The number of hydrogen-bond acceptors (Lipinski definition) is 4. The predicted molar refractivity (Wildman–Crippen MR) is 89.3 cm³/mol. The van der Waals surface area contributed by atoms with Gasteiger partial charge in [-0.1, -0.05) is 6.42 Å². The smallest absolute Gasteiger partial charge is 0.227 e. The van der Waals surface area contributed by atoms with Crippen molar-refractivity contribution < 1.29 is 13.9 Å². The molecule has 1 heterocycles. The van der Waals surface area contributed by atoms with E-state index in [2.05, 4.69) is 10.3 Å². The number of nitrogens with two attached hydrogens (primary N) is 1. The van der Waals surface area contributed by atoms with Crippen LogP contribution in [0.1, 0.15) is 25.7 Å². The number of halogens is 1. The summed E-state index contributed by atoms with van der Waals surface area (Å²) in [5.41, 5.74) is 6.54. The fourth-order valence-electron chi connectivity index (χ4n) is 2.85. The van der Waals surface area contributed by atoms with Crippen LogP contribution < -0.4 is 15.8 Å². The van der Waals surface area contributed by atoms with Crippen LogP contribution in [0.15, 0.2) is 42.6 Å². The first kappa shape index (κ1) is 16.4. The van der Waals surface area contributed by atoms with Crippen LogP contribution >= 0.6 is 0 Å². The number of aromatic nitrogens is 1. The summed E-state index contributed by atoms with van der Waals surface area (Å²) in [5, 5.41) is 2.87. The Morgan fingerprint density at radius 2 is 2.00 bits per heavy atom. The number of benzene rings is 1. The van der Waals surface area contributed by atoms with E-state index in [0.29, 0.717) is 17.3 Å². The van der Waals surface area contributed by atoms with Gasteiger partial charge in [0.1, 0.15) is 11.6 Å². The maximum Gasteiger partial charge on any atom is 0.227 e. The van der Waals surface area contributed by atoms with Crippen molar-refractivity contribution in [3.8, 4) is 11.6 Å². The first-order valence-electron chi connectivity index (χ1n) is 8.06. The van der Waals surface area contributed by atoms with Crippen molar-refractivity contribution in [2.75, 3.05) is 5.32 Å². The molecule has 1 aromatic carbocycles. The van der Waals surface area contributed by atoms with Crippen LogP contribution in [0.25, 0.3) is 0 Å².